The third-order valence-electron chi connectivity index (χ3n) is 4.06. The van der Waals surface area contributed by atoms with Gasteiger partial charge in [0.25, 0.3) is 10.0 Å². The molecule has 5 nitrogen and oxygen atoms in total. The van der Waals surface area contributed by atoms with Crippen LogP contribution in [-0.2, 0) is 10.0 Å². The van der Waals surface area contributed by atoms with Crippen molar-refractivity contribution in [3.05, 3.63) is 64.7 Å². The first-order valence-corrected chi connectivity index (χ1v) is 8.97. The molecule has 0 atom stereocenters. The van der Waals surface area contributed by atoms with Crippen LogP contribution in [0.1, 0.15) is 34.0 Å². The smallest absolute Gasteiger partial charge is 0.265 e. The molecule has 0 spiro atoms. The molecule has 3 rings (SSSR count). The van der Waals surface area contributed by atoms with Gasteiger partial charge in [-0.1, -0.05) is 29.8 Å². The normalized spacial score (nSPS) is 16.0. The predicted octanol–water partition coefficient (Wildman–Crippen LogP) is 3.22. The lowest BCUT2D eigenvalue weighted by molar-refractivity contribution is 0.112. The third-order valence-corrected chi connectivity index (χ3v) is 5.99. The van der Waals surface area contributed by atoms with E-state index in [-0.39, 0.29) is 28.5 Å². The topological polar surface area (TPSA) is 74.7 Å². The average Bonchev–Trinajstić information content (AvgIpc) is 2.58. The van der Waals surface area contributed by atoms with E-state index in [0.29, 0.717) is 17.4 Å². The Morgan fingerprint density at radius 2 is 1.83 bits per heavy atom. The largest absolute Gasteiger partial charge is 0.505 e. The molecule has 0 saturated carbocycles. The zero-order valence-electron chi connectivity index (χ0n) is 13.4. The quantitative estimate of drug-likeness (QED) is 0.869. The van der Waals surface area contributed by atoms with Crippen LogP contribution in [0.2, 0.25) is 0 Å². The van der Waals surface area contributed by atoms with Gasteiger partial charge in [0.05, 0.1) is 4.90 Å². The zero-order valence-corrected chi connectivity index (χ0v) is 14.2. The Morgan fingerprint density at radius 3 is 2.50 bits per heavy atom. The molecule has 1 heterocycles. The molecule has 0 saturated heterocycles. The van der Waals surface area contributed by atoms with Gasteiger partial charge in [0.15, 0.2) is 6.29 Å². The van der Waals surface area contributed by atoms with Gasteiger partial charge in [-0.25, -0.2) is 8.42 Å². The molecular formula is C18H17NO4S. The SMILES string of the molecule is CCN1C(c2cc(C)ccc2C=O)=C(O)c2ccccc2S1(=O)=O. The molecule has 1 N–H and O–H groups in total. The van der Waals surface area contributed by atoms with Crippen LogP contribution >= 0.6 is 0 Å². The first kappa shape index (κ1) is 16.3. The Kier molecular flexibility index (Phi) is 3.93. The number of fused-ring (bicyclic) bond motifs is 1. The van der Waals surface area contributed by atoms with Crippen molar-refractivity contribution in [2.45, 2.75) is 18.7 Å². The van der Waals surface area contributed by atoms with E-state index < -0.39 is 10.0 Å². The van der Waals surface area contributed by atoms with Gasteiger partial charge in [0, 0.05) is 23.2 Å². The maximum atomic E-state index is 12.9. The highest BCUT2D eigenvalue weighted by atomic mass is 32.2. The van der Waals surface area contributed by atoms with E-state index in [1.54, 1.807) is 43.3 Å². The van der Waals surface area contributed by atoms with E-state index in [0.717, 1.165) is 9.87 Å². The summed E-state index contributed by atoms with van der Waals surface area (Å²) in [5.74, 6) is -0.143. The molecule has 0 amide bonds. The Labute approximate surface area is 140 Å². The van der Waals surface area contributed by atoms with Crippen LogP contribution in [0.15, 0.2) is 47.4 Å². The van der Waals surface area contributed by atoms with Gasteiger partial charge in [-0.2, -0.15) is 0 Å². The monoisotopic (exact) mass is 343 g/mol. The van der Waals surface area contributed by atoms with E-state index in [2.05, 4.69) is 0 Å². The highest BCUT2D eigenvalue weighted by Crippen LogP contribution is 2.40. The first-order chi connectivity index (χ1) is 11.4. The Morgan fingerprint density at radius 1 is 1.12 bits per heavy atom. The van der Waals surface area contributed by atoms with Crippen molar-refractivity contribution < 1.29 is 18.3 Å². The van der Waals surface area contributed by atoms with Gasteiger partial charge in [0.2, 0.25) is 0 Å². The molecule has 0 unspecified atom stereocenters. The lowest BCUT2D eigenvalue weighted by atomic mass is 9.99. The summed E-state index contributed by atoms with van der Waals surface area (Å²) >= 11 is 0. The molecular weight excluding hydrogens is 326 g/mol. The second-order valence-corrected chi connectivity index (χ2v) is 7.40. The second kappa shape index (κ2) is 5.79. The first-order valence-electron chi connectivity index (χ1n) is 7.53. The molecule has 0 radical (unpaired) electrons. The van der Waals surface area contributed by atoms with Gasteiger partial charge < -0.3 is 5.11 Å². The molecule has 1 aliphatic heterocycles. The van der Waals surface area contributed by atoms with E-state index in [4.69, 9.17) is 0 Å². The molecule has 2 aromatic carbocycles. The van der Waals surface area contributed by atoms with Crippen molar-refractivity contribution in [2.75, 3.05) is 6.54 Å². The standard InChI is InChI=1S/C18H17NO4S/c1-3-19-17(15-10-12(2)8-9-13(15)11-20)18(21)14-6-4-5-7-16(14)24(19,22)23/h4-11,21H,3H2,1-2H3. The summed E-state index contributed by atoms with van der Waals surface area (Å²) in [6.07, 6.45) is 0.663. The number of rotatable bonds is 3. The molecule has 2 aromatic rings. The number of aryl methyl sites for hydroxylation is 1. The van der Waals surface area contributed by atoms with E-state index in [9.17, 15) is 18.3 Å². The van der Waals surface area contributed by atoms with E-state index >= 15 is 0 Å². The zero-order chi connectivity index (χ0) is 17.5. The van der Waals surface area contributed by atoms with Gasteiger partial charge in [-0.05, 0) is 32.0 Å². The third kappa shape index (κ3) is 2.30. The second-order valence-electron chi connectivity index (χ2n) is 5.57. The molecule has 24 heavy (non-hydrogen) atoms. The maximum absolute atomic E-state index is 12.9. The minimum Gasteiger partial charge on any atom is -0.505 e. The maximum Gasteiger partial charge on any atom is 0.265 e. The number of carbonyl (C=O) groups excluding carboxylic acids is 1. The van der Waals surface area contributed by atoms with Crippen LogP contribution < -0.4 is 0 Å². The summed E-state index contributed by atoms with van der Waals surface area (Å²) in [7, 11) is -3.80. The summed E-state index contributed by atoms with van der Waals surface area (Å²) in [6, 6.07) is 11.4. The number of nitrogens with zero attached hydrogens (tertiary/aromatic N) is 1. The van der Waals surface area contributed by atoms with Gasteiger partial charge in [-0.3, -0.25) is 9.10 Å². The van der Waals surface area contributed by atoms with Crippen molar-refractivity contribution in [2.24, 2.45) is 0 Å². The van der Waals surface area contributed by atoms with Crippen molar-refractivity contribution in [3.8, 4) is 0 Å². The fourth-order valence-corrected chi connectivity index (χ4v) is 4.64. The van der Waals surface area contributed by atoms with Crippen LogP contribution in [0.4, 0.5) is 0 Å². The average molecular weight is 343 g/mol. The summed E-state index contributed by atoms with van der Waals surface area (Å²) in [5.41, 5.74) is 1.98. The van der Waals surface area contributed by atoms with Gasteiger partial charge >= 0.3 is 0 Å². The Bertz CT molecular complexity index is 961. The number of aliphatic hydroxyl groups excluding tert-OH is 1. The van der Waals surface area contributed by atoms with Gasteiger partial charge in [-0.15, -0.1) is 0 Å². The number of aliphatic hydroxyl groups is 1. The number of hydrogen-bond acceptors (Lipinski definition) is 4. The molecule has 0 aromatic heterocycles. The lowest BCUT2D eigenvalue weighted by Gasteiger charge is -2.32. The van der Waals surface area contributed by atoms with Gasteiger partial charge in [0.1, 0.15) is 11.5 Å². The predicted molar refractivity (Wildman–Crippen MR) is 92.0 cm³/mol. The number of carbonyl (C=O) groups is 1. The summed E-state index contributed by atoms with van der Waals surface area (Å²) in [6.45, 7) is 3.68. The number of sulfonamides is 1. The van der Waals surface area contributed by atoms with E-state index in [1.165, 1.54) is 6.07 Å². The highest BCUT2D eigenvalue weighted by molar-refractivity contribution is 7.89. The fraction of sp³-hybridized carbons (Fsp3) is 0.167. The molecule has 6 heteroatoms. The molecule has 0 bridgehead atoms. The molecule has 124 valence electrons. The van der Waals surface area contributed by atoms with Crippen LogP contribution in [0.25, 0.3) is 11.5 Å². The summed E-state index contributed by atoms with van der Waals surface area (Å²) in [5, 5.41) is 10.8. The lowest BCUT2D eigenvalue weighted by Crippen LogP contribution is -2.34. The number of benzene rings is 2. The Balaban J connectivity index is 2.42. The van der Waals surface area contributed by atoms with Crippen molar-refractivity contribution >= 4 is 27.8 Å². The molecule has 1 aliphatic rings. The highest BCUT2D eigenvalue weighted by Gasteiger charge is 2.37. The number of aldehydes is 1. The minimum absolute atomic E-state index is 0.0633. The van der Waals surface area contributed by atoms with Crippen molar-refractivity contribution in [1.82, 2.24) is 4.31 Å². The van der Waals surface area contributed by atoms with E-state index in [1.807, 2.05) is 6.92 Å². The van der Waals surface area contributed by atoms with Crippen LogP contribution in [0, 0.1) is 6.92 Å². The minimum atomic E-state index is -3.80. The van der Waals surface area contributed by atoms with Crippen molar-refractivity contribution in [1.29, 1.82) is 0 Å². The van der Waals surface area contributed by atoms with Crippen LogP contribution in [0.3, 0.4) is 0 Å². The summed E-state index contributed by atoms with van der Waals surface area (Å²) in [4.78, 5) is 11.5. The Hall–Kier alpha value is -2.60. The van der Waals surface area contributed by atoms with Crippen LogP contribution in [-0.4, -0.2) is 30.7 Å². The van der Waals surface area contributed by atoms with Crippen molar-refractivity contribution in [3.63, 3.8) is 0 Å². The summed E-state index contributed by atoms with van der Waals surface area (Å²) < 4.78 is 27.0. The molecule has 0 aliphatic carbocycles. The van der Waals surface area contributed by atoms with Crippen LogP contribution in [0.5, 0.6) is 0 Å². The fourth-order valence-electron chi connectivity index (χ4n) is 2.94. The molecule has 0 fully saturated rings. The number of hydrogen-bond donors (Lipinski definition) is 1.